The minimum atomic E-state index is 0.0128. The number of nitriles is 1. The van der Waals surface area contributed by atoms with Gasteiger partial charge in [0.2, 0.25) is 0 Å². The van der Waals surface area contributed by atoms with Crippen molar-refractivity contribution in [3.63, 3.8) is 0 Å². The molecule has 3 N–H and O–H groups in total. The number of hydrogen-bond acceptors (Lipinski definition) is 5. The molecule has 2 aromatic heterocycles. The molecule has 0 fully saturated rings. The van der Waals surface area contributed by atoms with Gasteiger partial charge in [0.25, 0.3) is 0 Å². The van der Waals surface area contributed by atoms with E-state index in [9.17, 15) is 0 Å². The highest BCUT2D eigenvalue weighted by Crippen LogP contribution is 2.15. The van der Waals surface area contributed by atoms with Crippen LogP contribution in [0, 0.1) is 18.3 Å². The molecule has 0 amide bonds. The molecule has 1 atom stereocenters. The van der Waals surface area contributed by atoms with Gasteiger partial charge < -0.3 is 20.4 Å². The van der Waals surface area contributed by atoms with E-state index < -0.39 is 0 Å². The summed E-state index contributed by atoms with van der Waals surface area (Å²) in [6.07, 6.45) is 1.66. The maximum Gasteiger partial charge on any atom is 0.191 e. The monoisotopic (exact) mass is 326 g/mol. The van der Waals surface area contributed by atoms with Gasteiger partial charge >= 0.3 is 0 Å². The number of furan rings is 1. The molecule has 2 rings (SSSR count). The highest BCUT2D eigenvalue weighted by atomic mass is 16.3. The van der Waals surface area contributed by atoms with Crippen LogP contribution in [0.3, 0.4) is 0 Å². The van der Waals surface area contributed by atoms with Crippen molar-refractivity contribution in [2.24, 2.45) is 4.99 Å². The second-order valence-corrected chi connectivity index (χ2v) is 5.25. The molecule has 7 heteroatoms. The average molecular weight is 326 g/mol. The normalized spacial score (nSPS) is 12.3. The van der Waals surface area contributed by atoms with Crippen LogP contribution in [0.25, 0.3) is 0 Å². The van der Waals surface area contributed by atoms with Crippen molar-refractivity contribution in [1.29, 1.82) is 5.26 Å². The van der Waals surface area contributed by atoms with Crippen molar-refractivity contribution in [1.82, 2.24) is 15.6 Å². The first-order valence-corrected chi connectivity index (χ1v) is 7.76. The standard InChI is InChI=1S/C17H22N6O/c1-12-6-7-15(24-12)13(2)23-17(19-3)22-10-9-21-16-14(11-18)5-4-8-20-16/h4-8,13H,9-10H2,1-3H3,(H,20,21)(H2,19,22,23). The van der Waals surface area contributed by atoms with E-state index in [0.29, 0.717) is 30.4 Å². The Labute approximate surface area is 141 Å². The zero-order valence-electron chi connectivity index (χ0n) is 14.1. The molecule has 2 heterocycles. The molecule has 0 aromatic carbocycles. The van der Waals surface area contributed by atoms with Crippen LogP contribution in [-0.2, 0) is 0 Å². The number of rotatable bonds is 6. The van der Waals surface area contributed by atoms with E-state index in [1.165, 1.54) is 0 Å². The first kappa shape index (κ1) is 17.3. The lowest BCUT2D eigenvalue weighted by molar-refractivity contribution is 0.441. The minimum absolute atomic E-state index is 0.0128. The van der Waals surface area contributed by atoms with E-state index in [1.807, 2.05) is 26.0 Å². The molecular weight excluding hydrogens is 304 g/mol. The van der Waals surface area contributed by atoms with Crippen molar-refractivity contribution in [3.8, 4) is 6.07 Å². The lowest BCUT2D eigenvalue weighted by atomic mass is 10.2. The number of guanidine groups is 1. The van der Waals surface area contributed by atoms with E-state index in [4.69, 9.17) is 9.68 Å². The van der Waals surface area contributed by atoms with Crippen LogP contribution in [0.15, 0.2) is 39.9 Å². The number of aromatic nitrogens is 1. The third-order valence-electron chi connectivity index (χ3n) is 3.40. The summed E-state index contributed by atoms with van der Waals surface area (Å²) in [5.41, 5.74) is 0.529. The van der Waals surface area contributed by atoms with Gasteiger partial charge in [-0.2, -0.15) is 5.26 Å². The van der Waals surface area contributed by atoms with Crippen LogP contribution < -0.4 is 16.0 Å². The topological polar surface area (TPSA) is 98.3 Å². The number of hydrogen-bond donors (Lipinski definition) is 3. The fourth-order valence-corrected chi connectivity index (χ4v) is 2.16. The van der Waals surface area contributed by atoms with Gasteiger partial charge in [0, 0.05) is 26.3 Å². The van der Waals surface area contributed by atoms with Gasteiger partial charge in [0.05, 0.1) is 11.6 Å². The van der Waals surface area contributed by atoms with Crippen LogP contribution >= 0.6 is 0 Å². The molecule has 126 valence electrons. The van der Waals surface area contributed by atoms with Crippen LogP contribution in [0.5, 0.6) is 0 Å². The van der Waals surface area contributed by atoms with Gasteiger partial charge in [0.15, 0.2) is 5.96 Å². The number of nitrogens with one attached hydrogen (secondary N) is 3. The lowest BCUT2D eigenvalue weighted by Crippen LogP contribution is -2.40. The molecule has 2 aromatic rings. The summed E-state index contributed by atoms with van der Waals surface area (Å²) in [6, 6.07) is 9.49. The van der Waals surface area contributed by atoms with E-state index >= 15 is 0 Å². The van der Waals surface area contributed by atoms with Crippen molar-refractivity contribution < 1.29 is 4.42 Å². The Hall–Kier alpha value is -3.01. The smallest absolute Gasteiger partial charge is 0.191 e. The summed E-state index contributed by atoms with van der Waals surface area (Å²) in [7, 11) is 1.72. The number of aliphatic imine (C=N–C) groups is 1. The Bertz CT molecular complexity index is 731. The zero-order chi connectivity index (χ0) is 17.4. The molecule has 0 spiro atoms. The molecule has 7 nitrogen and oxygen atoms in total. The predicted molar refractivity (Wildman–Crippen MR) is 93.8 cm³/mol. The summed E-state index contributed by atoms with van der Waals surface area (Å²) in [5, 5.41) is 18.6. The first-order chi connectivity index (χ1) is 11.6. The number of anilines is 1. The Morgan fingerprint density at radius 2 is 2.21 bits per heavy atom. The Morgan fingerprint density at radius 1 is 1.38 bits per heavy atom. The third-order valence-corrected chi connectivity index (χ3v) is 3.40. The van der Waals surface area contributed by atoms with Crippen LogP contribution in [0.4, 0.5) is 5.82 Å². The summed E-state index contributed by atoms with van der Waals surface area (Å²) >= 11 is 0. The molecule has 0 saturated carbocycles. The molecule has 0 saturated heterocycles. The van der Waals surface area contributed by atoms with Crippen LogP contribution in [0.1, 0.15) is 30.0 Å². The summed E-state index contributed by atoms with van der Waals surface area (Å²) < 4.78 is 5.60. The zero-order valence-corrected chi connectivity index (χ0v) is 14.1. The van der Waals surface area contributed by atoms with Crippen molar-refractivity contribution in [3.05, 3.63) is 47.5 Å². The quantitative estimate of drug-likeness (QED) is 0.428. The summed E-state index contributed by atoms with van der Waals surface area (Å²) in [5.74, 6) is 3.01. The molecular formula is C17H22N6O. The maximum atomic E-state index is 9.03. The van der Waals surface area contributed by atoms with Gasteiger partial charge in [-0.25, -0.2) is 4.98 Å². The lowest BCUT2D eigenvalue weighted by Gasteiger charge is -2.16. The van der Waals surface area contributed by atoms with E-state index in [2.05, 4.69) is 32.0 Å². The second kappa shape index (κ2) is 8.58. The van der Waals surface area contributed by atoms with Crippen molar-refractivity contribution in [2.45, 2.75) is 19.9 Å². The van der Waals surface area contributed by atoms with Crippen molar-refractivity contribution >= 4 is 11.8 Å². The summed E-state index contributed by atoms with van der Waals surface area (Å²) in [4.78, 5) is 8.35. The van der Waals surface area contributed by atoms with E-state index in [0.717, 1.165) is 11.5 Å². The Kier molecular flexibility index (Phi) is 6.20. The van der Waals surface area contributed by atoms with Crippen molar-refractivity contribution in [2.75, 3.05) is 25.5 Å². The fraction of sp³-hybridized carbons (Fsp3) is 0.353. The van der Waals surface area contributed by atoms with Crippen LogP contribution in [-0.4, -0.2) is 31.1 Å². The molecule has 0 aliphatic carbocycles. The van der Waals surface area contributed by atoms with Crippen LogP contribution in [0.2, 0.25) is 0 Å². The molecule has 1 unspecified atom stereocenters. The van der Waals surface area contributed by atoms with Gasteiger partial charge in [-0.3, -0.25) is 4.99 Å². The maximum absolute atomic E-state index is 9.03. The molecule has 0 bridgehead atoms. The highest BCUT2D eigenvalue weighted by Gasteiger charge is 2.11. The Morgan fingerprint density at radius 3 is 2.88 bits per heavy atom. The van der Waals surface area contributed by atoms with Gasteiger partial charge in [-0.15, -0.1) is 0 Å². The van der Waals surface area contributed by atoms with E-state index in [-0.39, 0.29) is 6.04 Å². The summed E-state index contributed by atoms with van der Waals surface area (Å²) in [6.45, 7) is 5.17. The van der Waals surface area contributed by atoms with E-state index in [1.54, 1.807) is 25.4 Å². The number of pyridine rings is 1. The Balaban J connectivity index is 1.79. The molecule has 0 radical (unpaired) electrons. The number of aryl methyl sites for hydroxylation is 1. The molecule has 0 aliphatic rings. The number of nitrogens with zero attached hydrogens (tertiary/aromatic N) is 3. The SMILES string of the molecule is CN=C(NCCNc1ncccc1C#N)NC(C)c1ccc(C)o1. The average Bonchev–Trinajstić information content (AvgIpc) is 3.04. The fourth-order valence-electron chi connectivity index (χ4n) is 2.16. The largest absolute Gasteiger partial charge is 0.464 e. The predicted octanol–water partition coefficient (Wildman–Crippen LogP) is 2.19. The molecule has 0 aliphatic heterocycles. The first-order valence-electron chi connectivity index (χ1n) is 7.76. The minimum Gasteiger partial charge on any atom is -0.464 e. The van der Waals surface area contributed by atoms with Gasteiger partial charge in [-0.1, -0.05) is 0 Å². The third kappa shape index (κ3) is 4.74. The highest BCUT2D eigenvalue weighted by molar-refractivity contribution is 5.80. The van der Waals surface area contributed by atoms with Gasteiger partial charge in [0.1, 0.15) is 23.4 Å². The molecule has 24 heavy (non-hydrogen) atoms. The van der Waals surface area contributed by atoms with Gasteiger partial charge in [-0.05, 0) is 38.1 Å². The second-order valence-electron chi connectivity index (χ2n) is 5.25.